The molecule has 2 rings (SSSR count). The number of carbonyl (C=O) groups excluding carboxylic acids is 1. The fraction of sp³-hybridized carbons (Fsp3) is 0.235. The fourth-order valence-corrected chi connectivity index (χ4v) is 3.32. The van der Waals surface area contributed by atoms with Crippen molar-refractivity contribution in [1.82, 2.24) is 5.32 Å². The summed E-state index contributed by atoms with van der Waals surface area (Å²) in [7, 11) is -3.74. The molecule has 2 atom stereocenters. The molecule has 2 aromatic rings. The van der Waals surface area contributed by atoms with Gasteiger partial charge in [0.15, 0.2) is 5.78 Å². The van der Waals surface area contributed by atoms with Crippen LogP contribution in [0.25, 0.3) is 0 Å². The predicted octanol–water partition coefficient (Wildman–Crippen LogP) is 3.15. The number of para-hydroxylation sites is 2. The highest BCUT2D eigenvalue weighted by Gasteiger charge is 2.37. The molecule has 0 aliphatic rings. The van der Waals surface area contributed by atoms with Gasteiger partial charge in [-0.3, -0.25) is 4.79 Å². The van der Waals surface area contributed by atoms with Crippen LogP contribution in [-0.4, -0.2) is 17.7 Å². The highest BCUT2D eigenvalue weighted by atomic mass is 31.2. The topological polar surface area (TPSA) is 90.7 Å². The second-order valence-electron chi connectivity index (χ2n) is 5.32. The molecule has 6 nitrogen and oxygen atoms in total. The summed E-state index contributed by atoms with van der Waals surface area (Å²) in [6, 6.07) is 16.6. The van der Waals surface area contributed by atoms with E-state index in [1.807, 2.05) is 12.1 Å². The van der Waals surface area contributed by atoms with Crippen LogP contribution in [0.2, 0.25) is 0 Å². The zero-order valence-electron chi connectivity index (χ0n) is 13.6. The van der Waals surface area contributed by atoms with Gasteiger partial charge in [-0.05, 0) is 38.1 Å². The molecule has 0 fully saturated rings. The quantitative estimate of drug-likeness (QED) is 0.750. The third-order valence-electron chi connectivity index (χ3n) is 3.19. The molecule has 24 heavy (non-hydrogen) atoms. The molecule has 128 valence electrons. The molecule has 0 aromatic heterocycles. The molecule has 0 bridgehead atoms. The maximum absolute atomic E-state index is 13.3. The van der Waals surface area contributed by atoms with Crippen LogP contribution >= 0.6 is 7.60 Å². The average Bonchev–Trinajstić information content (AvgIpc) is 2.56. The third-order valence-corrected chi connectivity index (χ3v) is 5.20. The molecule has 0 heterocycles. The van der Waals surface area contributed by atoms with E-state index in [2.05, 4.69) is 5.32 Å². The molecule has 0 radical (unpaired) electrons. The van der Waals surface area contributed by atoms with E-state index in [0.717, 1.165) is 0 Å². The van der Waals surface area contributed by atoms with Crippen molar-refractivity contribution in [1.29, 1.82) is 0 Å². The van der Waals surface area contributed by atoms with Gasteiger partial charge < -0.3 is 20.1 Å². The molecule has 0 saturated heterocycles. The normalized spacial score (nSPS) is 13.6. The molecule has 0 spiro atoms. The van der Waals surface area contributed by atoms with Crippen molar-refractivity contribution >= 4 is 13.5 Å². The van der Waals surface area contributed by atoms with Gasteiger partial charge >= 0.3 is 7.60 Å². The molecule has 0 aliphatic heterocycles. The summed E-state index contributed by atoms with van der Waals surface area (Å²) in [6.45, 7) is 3.11. The van der Waals surface area contributed by atoms with Gasteiger partial charge in [0, 0.05) is 0 Å². The number of hydrogen-bond donors (Lipinski definition) is 2. The van der Waals surface area contributed by atoms with E-state index >= 15 is 0 Å². The Morgan fingerprint density at radius 2 is 1.38 bits per heavy atom. The summed E-state index contributed by atoms with van der Waals surface area (Å²) in [5.74, 6) is -0.537. The minimum absolute atomic E-state index is 0.388. The molecule has 0 unspecified atom stereocenters. The van der Waals surface area contributed by atoms with Gasteiger partial charge in [-0.25, -0.2) is 4.57 Å². The summed E-state index contributed by atoms with van der Waals surface area (Å²) in [4.78, 5) is 11.8. The molecule has 0 saturated carbocycles. The first-order valence-corrected chi connectivity index (χ1v) is 9.17. The molecule has 1 amide bonds. The van der Waals surface area contributed by atoms with Gasteiger partial charge in [0.1, 0.15) is 11.5 Å². The minimum Gasteiger partial charge on any atom is -0.415 e. The van der Waals surface area contributed by atoms with Crippen LogP contribution in [0.5, 0.6) is 11.5 Å². The standard InChI is InChI=1S/C17H21N2O4P/c1-13(18)17(20)19-14(2)24(21,22-15-9-5-3-6-10-15)23-16-11-7-4-8-12-16/h3-14H,18H2,1-2H3,(H,19,20)/t13-,14+/m0/s1. The Balaban J connectivity index is 2.26. The number of benzene rings is 2. The van der Waals surface area contributed by atoms with Crippen molar-refractivity contribution in [3.05, 3.63) is 60.7 Å². The van der Waals surface area contributed by atoms with Crippen LogP contribution in [0.3, 0.4) is 0 Å². The second-order valence-corrected chi connectivity index (χ2v) is 7.54. The van der Waals surface area contributed by atoms with Gasteiger partial charge in [-0.15, -0.1) is 0 Å². The number of hydrogen-bond acceptors (Lipinski definition) is 5. The van der Waals surface area contributed by atoms with E-state index in [1.165, 1.54) is 0 Å². The summed E-state index contributed by atoms with van der Waals surface area (Å²) in [5, 5.41) is 2.58. The van der Waals surface area contributed by atoms with Crippen molar-refractivity contribution in [2.75, 3.05) is 0 Å². The van der Waals surface area contributed by atoms with Gasteiger partial charge in [-0.2, -0.15) is 0 Å². The van der Waals surface area contributed by atoms with Crippen molar-refractivity contribution < 1.29 is 18.4 Å². The number of carbonyl (C=O) groups is 1. The zero-order chi connectivity index (χ0) is 17.6. The fourth-order valence-electron chi connectivity index (χ4n) is 1.85. The number of amides is 1. The predicted molar refractivity (Wildman–Crippen MR) is 93.0 cm³/mol. The van der Waals surface area contributed by atoms with Crippen LogP contribution < -0.4 is 20.1 Å². The maximum Gasteiger partial charge on any atom is 0.452 e. The van der Waals surface area contributed by atoms with Crippen LogP contribution in [0.15, 0.2) is 60.7 Å². The smallest absolute Gasteiger partial charge is 0.415 e. The van der Waals surface area contributed by atoms with Crippen molar-refractivity contribution in [2.24, 2.45) is 5.73 Å². The summed E-state index contributed by atoms with van der Waals surface area (Å²) < 4.78 is 24.6. The molecule has 3 N–H and O–H groups in total. The Morgan fingerprint density at radius 3 is 1.75 bits per heavy atom. The lowest BCUT2D eigenvalue weighted by atomic mass is 10.3. The first kappa shape index (κ1) is 18.0. The highest BCUT2D eigenvalue weighted by Crippen LogP contribution is 2.51. The molecule has 2 aromatic carbocycles. The van der Waals surface area contributed by atoms with E-state index in [9.17, 15) is 9.36 Å². The molecule has 7 heteroatoms. The van der Waals surface area contributed by atoms with Gasteiger partial charge in [0.2, 0.25) is 5.91 Å². The number of nitrogens with one attached hydrogen (secondary N) is 1. The Morgan fingerprint density at radius 1 is 0.958 bits per heavy atom. The SMILES string of the molecule is C[C@H](N)C(=O)N[C@@H](C)P(=O)(Oc1ccccc1)Oc1ccccc1. The van der Waals surface area contributed by atoms with Crippen LogP contribution in [-0.2, 0) is 9.36 Å². The molecule has 0 aliphatic carbocycles. The Bertz CT molecular complexity index is 662. The lowest BCUT2D eigenvalue weighted by Gasteiger charge is -2.26. The lowest BCUT2D eigenvalue weighted by molar-refractivity contribution is -0.122. The summed E-state index contributed by atoms with van der Waals surface area (Å²) >= 11 is 0. The van der Waals surface area contributed by atoms with E-state index < -0.39 is 25.3 Å². The molecular weight excluding hydrogens is 327 g/mol. The summed E-state index contributed by atoms with van der Waals surface area (Å²) in [6.07, 6.45) is 0. The van der Waals surface area contributed by atoms with Crippen LogP contribution in [0, 0.1) is 0 Å². The first-order chi connectivity index (χ1) is 11.4. The van der Waals surface area contributed by atoms with E-state index in [4.69, 9.17) is 14.8 Å². The van der Waals surface area contributed by atoms with Crippen LogP contribution in [0.1, 0.15) is 13.8 Å². The second kappa shape index (κ2) is 7.99. The lowest BCUT2D eigenvalue weighted by Crippen LogP contribution is -2.43. The van der Waals surface area contributed by atoms with Crippen molar-refractivity contribution in [2.45, 2.75) is 25.7 Å². The zero-order valence-corrected chi connectivity index (χ0v) is 14.5. The van der Waals surface area contributed by atoms with Gasteiger partial charge in [0.25, 0.3) is 0 Å². The third kappa shape index (κ3) is 4.85. The van der Waals surface area contributed by atoms with Crippen molar-refractivity contribution in [3.8, 4) is 11.5 Å². The number of nitrogens with two attached hydrogens (primary N) is 1. The van der Waals surface area contributed by atoms with E-state index in [0.29, 0.717) is 11.5 Å². The Hall–Kier alpha value is -2.30. The Labute approximate surface area is 141 Å². The highest BCUT2D eigenvalue weighted by molar-refractivity contribution is 7.55. The first-order valence-electron chi connectivity index (χ1n) is 7.56. The summed E-state index contributed by atoms with van der Waals surface area (Å²) in [5.41, 5.74) is 5.55. The van der Waals surface area contributed by atoms with E-state index in [1.54, 1.807) is 62.4 Å². The number of rotatable bonds is 7. The van der Waals surface area contributed by atoms with E-state index in [-0.39, 0.29) is 0 Å². The van der Waals surface area contributed by atoms with Gasteiger partial charge in [0.05, 0.1) is 6.04 Å². The average molecular weight is 348 g/mol. The monoisotopic (exact) mass is 348 g/mol. The van der Waals surface area contributed by atoms with Crippen LogP contribution in [0.4, 0.5) is 0 Å². The van der Waals surface area contributed by atoms with Crippen molar-refractivity contribution in [3.63, 3.8) is 0 Å². The minimum atomic E-state index is -3.74. The van der Waals surface area contributed by atoms with Gasteiger partial charge in [-0.1, -0.05) is 36.4 Å². The maximum atomic E-state index is 13.3. The largest absolute Gasteiger partial charge is 0.452 e. The Kier molecular flexibility index (Phi) is 6.01. The molecular formula is C17H21N2O4P.